The highest BCUT2D eigenvalue weighted by atomic mass is 35.5. The Morgan fingerprint density at radius 1 is 1.06 bits per heavy atom. The summed E-state index contributed by atoms with van der Waals surface area (Å²) in [7, 11) is 0. The molecule has 4 rings (SSSR count). The van der Waals surface area contributed by atoms with Gasteiger partial charge in [0.2, 0.25) is 5.91 Å². The number of rotatable bonds is 6. The first kappa shape index (κ1) is 22.6. The summed E-state index contributed by atoms with van der Waals surface area (Å²) in [6, 6.07) is 10.8. The van der Waals surface area contributed by atoms with E-state index in [1.165, 1.54) is 23.9 Å². The van der Waals surface area contributed by atoms with E-state index in [4.69, 9.17) is 49.5 Å². The Bertz CT molecular complexity index is 1110. The molecule has 0 saturated carbocycles. The third kappa shape index (κ3) is 5.80. The molecule has 162 valence electrons. The van der Waals surface area contributed by atoms with Gasteiger partial charge in [0.05, 0.1) is 51.8 Å². The first-order chi connectivity index (χ1) is 15.0. The number of hydrogen-bond donors (Lipinski definition) is 1. The summed E-state index contributed by atoms with van der Waals surface area (Å²) >= 11 is 19.5. The topological polar surface area (TPSA) is 67.4 Å². The van der Waals surface area contributed by atoms with Crippen molar-refractivity contribution in [1.29, 1.82) is 0 Å². The van der Waals surface area contributed by atoms with E-state index in [9.17, 15) is 4.79 Å². The van der Waals surface area contributed by atoms with Crippen LogP contribution in [0.2, 0.25) is 15.1 Å². The molecule has 0 radical (unpaired) electrons. The van der Waals surface area contributed by atoms with Crippen LogP contribution in [-0.2, 0) is 16.1 Å². The van der Waals surface area contributed by atoms with Crippen LogP contribution >= 0.6 is 46.6 Å². The standard InChI is InChI=1S/C21H19Cl3N4O2S/c22-14-9-16(24)18(10-15(14)23)26-20(29)12-31-21-13-3-1-2-4-17(13)25-19(27-21)11-28-5-7-30-8-6-28/h1-4,9-10H,5-8,11-12H2,(H,26,29). The Morgan fingerprint density at radius 2 is 1.81 bits per heavy atom. The van der Waals surface area contributed by atoms with E-state index in [0.29, 0.717) is 40.5 Å². The monoisotopic (exact) mass is 496 g/mol. The van der Waals surface area contributed by atoms with Crippen LogP contribution in [0.4, 0.5) is 5.69 Å². The van der Waals surface area contributed by atoms with Crippen molar-refractivity contribution in [1.82, 2.24) is 14.9 Å². The first-order valence-corrected chi connectivity index (χ1v) is 11.7. The van der Waals surface area contributed by atoms with E-state index in [1.807, 2.05) is 24.3 Å². The minimum absolute atomic E-state index is 0.161. The van der Waals surface area contributed by atoms with Crippen LogP contribution in [0.25, 0.3) is 10.9 Å². The first-order valence-electron chi connectivity index (χ1n) is 9.62. The van der Waals surface area contributed by atoms with Gasteiger partial charge < -0.3 is 10.1 Å². The normalized spacial score (nSPS) is 14.7. The fourth-order valence-corrected chi connectivity index (χ4v) is 4.60. The van der Waals surface area contributed by atoms with E-state index in [0.717, 1.165) is 34.8 Å². The number of aromatic nitrogens is 2. The molecule has 1 amide bonds. The van der Waals surface area contributed by atoms with Crippen LogP contribution in [0.3, 0.4) is 0 Å². The van der Waals surface area contributed by atoms with Crippen LogP contribution in [0.5, 0.6) is 0 Å². The number of fused-ring (bicyclic) bond motifs is 1. The molecule has 10 heteroatoms. The number of nitrogens with zero attached hydrogens (tertiary/aromatic N) is 3. The van der Waals surface area contributed by atoms with Gasteiger partial charge in [0.1, 0.15) is 10.9 Å². The number of nitrogens with one attached hydrogen (secondary N) is 1. The minimum atomic E-state index is -0.220. The molecule has 1 aliphatic heterocycles. The Hall–Kier alpha value is -1.61. The molecule has 0 atom stereocenters. The maximum absolute atomic E-state index is 12.5. The van der Waals surface area contributed by atoms with Crippen molar-refractivity contribution in [3.8, 4) is 0 Å². The Labute approximate surface area is 199 Å². The second kappa shape index (κ2) is 10.3. The molecule has 1 aromatic heterocycles. The van der Waals surface area contributed by atoms with Crippen molar-refractivity contribution in [2.24, 2.45) is 0 Å². The van der Waals surface area contributed by atoms with Gasteiger partial charge in [0, 0.05) is 18.5 Å². The second-order valence-electron chi connectivity index (χ2n) is 6.93. The predicted molar refractivity (Wildman–Crippen MR) is 126 cm³/mol. The molecule has 1 fully saturated rings. The number of halogens is 3. The molecule has 31 heavy (non-hydrogen) atoms. The van der Waals surface area contributed by atoms with Gasteiger partial charge in [-0.25, -0.2) is 9.97 Å². The minimum Gasteiger partial charge on any atom is -0.379 e. The highest BCUT2D eigenvalue weighted by molar-refractivity contribution is 8.00. The lowest BCUT2D eigenvalue weighted by Crippen LogP contribution is -2.36. The Kier molecular flexibility index (Phi) is 7.53. The zero-order chi connectivity index (χ0) is 21.8. The van der Waals surface area contributed by atoms with E-state index in [2.05, 4.69) is 10.2 Å². The molecular weight excluding hydrogens is 479 g/mol. The maximum Gasteiger partial charge on any atom is 0.234 e. The fraction of sp³-hybridized carbons (Fsp3) is 0.286. The van der Waals surface area contributed by atoms with Gasteiger partial charge in [-0.3, -0.25) is 9.69 Å². The lowest BCUT2D eigenvalue weighted by atomic mass is 10.2. The van der Waals surface area contributed by atoms with Crippen molar-refractivity contribution in [3.05, 3.63) is 57.3 Å². The van der Waals surface area contributed by atoms with Crippen molar-refractivity contribution < 1.29 is 9.53 Å². The number of carbonyl (C=O) groups is 1. The quantitative estimate of drug-likeness (QED) is 0.288. The van der Waals surface area contributed by atoms with E-state index >= 15 is 0 Å². The largest absolute Gasteiger partial charge is 0.379 e. The van der Waals surface area contributed by atoms with E-state index in [1.54, 1.807) is 0 Å². The van der Waals surface area contributed by atoms with Gasteiger partial charge >= 0.3 is 0 Å². The van der Waals surface area contributed by atoms with Crippen LogP contribution in [0, 0.1) is 0 Å². The average Bonchev–Trinajstić information content (AvgIpc) is 2.76. The number of ether oxygens (including phenoxy) is 1. The number of carbonyl (C=O) groups excluding carboxylic acids is 1. The summed E-state index contributed by atoms with van der Waals surface area (Å²) in [6.45, 7) is 3.78. The molecule has 0 aliphatic carbocycles. The van der Waals surface area contributed by atoms with Gasteiger partial charge in [-0.05, 0) is 18.2 Å². The third-order valence-corrected chi connectivity index (χ3v) is 6.73. The summed E-state index contributed by atoms with van der Waals surface area (Å²) in [4.78, 5) is 24.2. The maximum atomic E-state index is 12.5. The third-order valence-electron chi connectivity index (χ3n) is 4.71. The highest BCUT2D eigenvalue weighted by Gasteiger charge is 2.16. The van der Waals surface area contributed by atoms with Crippen molar-refractivity contribution in [2.75, 3.05) is 37.4 Å². The number of amides is 1. The summed E-state index contributed by atoms with van der Waals surface area (Å²) in [5.74, 6) is 0.674. The predicted octanol–water partition coefficient (Wildman–Crippen LogP) is 5.15. The van der Waals surface area contributed by atoms with Crippen molar-refractivity contribution >= 4 is 69.1 Å². The number of anilines is 1. The summed E-state index contributed by atoms with van der Waals surface area (Å²) in [5, 5.41) is 5.44. The van der Waals surface area contributed by atoms with Crippen molar-refractivity contribution in [2.45, 2.75) is 11.6 Å². The van der Waals surface area contributed by atoms with Gasteiger partial charge in [-0.1, -0.05) is 64.8 Å². The highest BCUT2D eigenvalue weighted by Crippen LogP contribution is 2.32. The molecule has 0 bridgehead atoms. The van der Waals surface area contributed by atoms with Crippen LogP contribution in [0.1, 0.15) is 5.82 Å². The average molecular weight is 498 g/mol. The van der Waals surface area contributed by atoms with E-state index in [-0.39, 0.29) is 11.7 Å². The number of thioether (sulfide) groups is 1. The van der Waals surface area contributed by atoms with Gasteiger partial charge in [0.15, 0.2) is 0 Å². The van der Waals surface area contributed by atoms with Crippen molar-refractivity contribution in [3.63, 3.8) is 0 Å². The van der Waals surface area contributed by atoms with Crippen LogP contribution in [0.15, 0.2) is 41.4 Å². The number of morpholine rings is 1. The molecule has 1 saturated heterocycles. The smallest absolute Gasteiger partial charge is 0.234 e. The molecule has 2 aromatic carbocycles. The number of benzene rings is 2. The van der Waals surface area contributed by atoms with E-state index < -0.39 is 0 Å². The molecule has 0 unspecified atom stereocenters. The fourth-order valence-electron chi connectivity index (χ4n) is 3.17. The lowest BCUT2D eigenvalue weighted by Gasteiger charge is -2.25. The van der Waals surface area contributed by atoms with Gasteiger partial charge in [-0.2, -0.15) is 0 Å². The molecule has 0 spiro atoms. The zero-order valence-electron chi connectivity index (χ0n) is 16.4. The summed E-state index contributed by atoms with van der Waals surface area (Å²) < 4.78 is 5.41. The second-order valence-corrected chi connectivity index (χ2v) is 9.12. The van der Waals surface area contributed by atoms with Crippen LogP contribution < -0.4 is 5.32 Å². The SMILES string of the molecule is O=C(CSc1nc(CN2CCOCC2)nc2ccccc12)Nc1cc(Cl)c(Cl)cc1Cl. The molecule has 3 aromatic rings. The summed E-state index contributed by atoms with van der Waals surface area (Å²) in [6.07, 6.45) is 0. The number of hydrogen-bond acceptors (Lipinski definition) is 6. The Balaban J connectivity index is 1.49. The lowest BCUT2D eigenvalue weighted by molar-refractivity contribution is -0.113. The summed E-state index contributed by atoms with van der Waals surface area (Å²) in [5.41, 5.74) is 1.28. The van der Waals surface area contributed by atoms with Gasteiger partial charge in [-0.15, -0.1) is 0 Å². The molecule has 1 N–H and O–H groups in total. The molecular formula is C21H19Cl3N4O2S. The molecule has 1 aliphatic rings. The Morgan fingerprint density at radius 3 is 2.61 bits per heavy atom. The molecule has 2 heterocycles. The zero-order valence-corrected chi connectivity index (χ0v) is 19.5. The molecule has 6 nitrogen and oxygen atoms in total. The van der Waals surface area contributed by atoms with Crippen LogP contribution in [-0.4, -0.2) is 52.8 Å². The van der Waals surface area contributed by atoms with Gasteiger partial charge in [0.25, 0.3) is 0 Å². The number of para-hydroxylation sites is 1.